The molecular weight excluding hydrogens is 270 g/mol. The Morgan fingerprint density at radius 3 is 2.19 bits per heavy atom. The van der Waals surface area contributed by atoms with Crippen LogP contribution in [0, 0.1) is 12.8 Å². The summed E-state index contributed by atoms with van der Waals surface area (Å²) in [7, 11) is 3.15. The van der Waals surface area contributed by atoms with E-state index >= 15 is 0 Å². The van der Waals surface area contributed by atoms with E-state index in [9.17, 15) is 9.90 Å². The van der Waals surface area contributed by atoms with Gasteiger partial charge in [0.1, 0.15) is 17.1 Å². The Morgan fingerprint density at radius 1 is 1.24 bits per heavy atom. The van der Waals surface area contributed by atoms with Crippen molar-refractivity contribution in [1.82, 2.24) is 4.90 Å². The molecule has 1 aromatic rings. The van der Waals surface area contributed by atoms with Gasteiger partial charge in [-0.15, -0.1) is 0 Å². The predicted molar refractivity (Wildman–Crippen MR) is 77.9 cm³/mol. The monoisotopic (exact) mass is 291 g/mol. The summed E-state index contributed by atoms with van der Waals surface area (Å²) in [5.74, 6) is 1.56. The van der Waals surface area contributed by atoms with E-state index in [4.69, 9.17) is 9.47 Å². The maximum atomic E-state index is 12.5. The lowest BCUT2D eigenvalue weighted by atomic mass is 9.88. The highest BCUT2D eigenvalue weighted by molar-refractivity contribution is 5.96. The first-order valence-corrected chi connectivity index (χ1v) is 7.23. The van der Waals surface area contributed by atoms with Crippen molar-refractivity contribution < 1.29 is 19.4 Å². The molecule has 5 nitrogen and oxygen atoms in total. The highest BCUT2D eigenvalue weighted by atomic mass is 16.5. The van der Waals surface area contributed by atoms with Gasteiger partial charge in [0.25, 0.3) is 5.91 Å². The molecule has 1 aliphatic carbocycles. The van der Waals surface area contributed by atoms with Crippen LogP contribution in [-0.2, 0) is 0 Å². The molecule has 1 saturated heterocycles. The van der Waals surface area contributed by atoms with Gasteiger partial charge in [0.05, 0.1) is 27.3 Å². The standard InChI is InChI=1S/C16H21NO4/c1-10-13(20-2)6-11(7-14(10)21-3)15(18)17-8-16(19,9-17)12-4-5-12/h6-7,12,19H,4-5,8-9H2,1-3H3. The van der Waals surface area contributed by atoms with E-state index in [1.807, 2.05) is 6.92 Å². The first-order chi connectivity index (χ1) is 9.98. The highest BCUT2D eigenvalue weighted by Gasteiger charge is 2.53. The van der Waals surface area contributed by atoms with Gasteiger partial charge in [0, 0.05) is 11.1 Å². The molecule has 2 fully saturated rings. The van der Waals surface area contributed by atoms with Gasteiger partial charge in [0.2, 0.25) is 0 Å². The number of ether oxygens (including phenoxy) is 2. The molecule has 1 amide bonds. The topological polar surface area (TPSA) is 59.0 Å². The third kappa shape index (κ3) is 2.35. The van der Waals surface area contributed by atoms with Crippen molar-refractivity contribution in [3.05, 3.63) is 23.3 Å². The molecule has 2 aliphatic rings. The van der Waals surface area contributed by atoms with E-state index in [1.54, 1.807) is 31.3 Å². The lowest BCUT2D eigenvalue weighted by Crippen LogP contribution is -2.64. The van der Waals surface area contributed by atoms with E-state index in [2.05, 4.69) is 0 Å². The summed E-state index contributed by atoms with van der Waals surface area (Å²) < 4.78 is 10.6. The summed E-state index contributed by atoms with van der Waals surface area (Å²) >= 11 is 0. The number of amides is 1. The molecule has 1 heterocycles. The molecule has 0 atom stereocenters. The minimum atomic E-state index is -0.658. The first kappa shape index (κ1) is 14.2. The van der Waals surface area contributed by atoms with Crippen molar-refractivity contribution in [2.24, 2.45) is 5.92 Å². The summed E-state index contributed by atoms with van der Waals surface area (Å²) in [6.45, 7) is 2.74. The number of carbonyl (C=O) groups excluding carboxylic acids is 1. The number of benzene rings is 1. The molecule has 0 spiro atoms. The zero-order valence-corrected chi connectivity index (χ0v) is 12.7. The third-order valence-corrected chi connectivity index (χ3v) is 4.55. The van der Waals surface area contributed by atoms with Crippen LogP contribution in [-0.4, -0.2) is 48.8 Å². The Labute approximate surface area is 124 Å². The van der Waals surface area contributed by atoms with Gasteiger partial charge in [-0.05, 0) is 37.8 Å². The van der Waals surface area contributed by atoms with Crippen LogP contribution in [0.3, 0.4) is 0 Å². The average Bonchev–Trinajstić information content (AvgIpc) is 3.28. The fraction of sp³-hybridized carbons (Fsp3) is 0.562. The SMILES string of the molecule is COc1cc(C(=O)N2CC(O)(C3CC3)C2)cc(OC)c1C. The Hall–Kier alpha value is -1.75. The second-order valence-corrected chi connectivity index (χ2v) is 6.04. The quantitative estimate of drug-likeness (QED) is 0.915. The van der Waals surface area contributed by atoms with Crippen LogP contribution >= 0.6 is 0 Å². The normalized spacial score (nSPS) is 19.9. The van der Waals surface area contributed by atoms with Gasteiger partial charge >= 0.3 is 0 Å². The zero-order valence-electron chi connectivity index (χ0n) is 12.7. The Morgan fingerprint density at radius 2 is 1.76 bits per heavy atom. The predicted octanol–water partition coefficient (Wildman–Crippen LogP) is 1.61. The third-order valence-electron chi connectivity index (χ3n) is 4.55. The van der Waals surface area contributed by atoms with Crippen LogP contribution in [0.2, 0.25) is 0 Å². The van der Waals surface area contributed by atoms with Gasteiger partial charge in [-0.25, -0.2) is 0 Å². The summed E-state index contributed by atoms with van der Waals surface area (Å²) in [6, 6.07) is 3.46. The Bertz CT molecular complexity index is 549. The number of β-amino-alcohol motifs (C(OH)–C–C–N with tert-alkyl or cyclic N) is 1. The van der Waals surface area contributed by atoms with E-state index in [0.717, 1.165) is 18.4 Å². The van der Waals surface area contributed by atoms with E-state index in [0.29, 0.717) is 36.1 Å². The van der Waals surface area contributed by atoms with Gasteiger partial charge in [0.15, 0.2) is 0 Å². The maximum Gasteiger partial charge on any atom is 0.254 e. The zero-order chi connectivity index (χ0) is 15.2. The van der Waals surface area contributed by atoms with E-state index in [1.165, 1.54) is 0 Å². The van der Waals surface area contributed by atoms with Crippen molar-refractivity contribution in [3.8, 4) is 11.5 Å². The number of rotatable bonds is 4. The fourth-order valence-corrected chi connectivity index (χ4v) is 3.03. The molecule has 1 N–H and O–H groups in total. The number of likely N-dealkylation sites (tertiary alicyclic amines) is 1. The molecule has 0 bridgehead atoms. The van der Waals surface area contributed by atoms with E-state index < -0.39 is 5.60 Å². The molecule has 0 aromatic heterocycles. The molecule has 1 aromatic carbocycles. The molecule has 0 radical (unpaired) electrons. The van der Waals surface area contributed by atoms with Gasteiger partial charge in [-0.1, -0.05) is 0 Å². The summed E-state index contributed by atoms with van der Waals surface area (Å²) in [6.07, 6.45) is 2.15. The number of methoxy groups -OCH3 is 2. The maximum absolute atomic E-state index is 12.5. The van der Waals surface area contributed by atoms with Crippen LogP contribution in [0.25, 0.3) is 0 Å². The Kier molecular flexibility index (Phi) is 3.32. The van der Waals surface area contributed by atoms with Crippen molar-refractivity contribution >= 4 is 5.91 Å². The number of hydrogen-bond donors (Lipinski definition) is 1. The molecule has 3 rings (SSSR count). The lowest BCUT2D eigenvalue weighted by molar-refractivity contribution is -0.0958. The van der Waals surface area contributed by atoms with Gasteiger partial charge < -0.3 is 19.5 Å². The molecule has 5 heteroatoms. The number of carbonyl (C=O) groups is 1. The number of hydrogen-bond acceptors (Lipinski definition) is 4. The minimum Gasteiger partial charge on any atom is -0.496 e. The first-order valence-electron chi connectivity index (χ1n) is 7.23. The van der Waals surface area contributed by atoms with Gasteiger partial charge in [-0.3, -0.25) is 4.79 Å². The molecular formula is C16H21NO4. The molecule has 21 heavy (non-hydrogen) atoms. The van der Waals surface area contributed by atoms with Crippen molar-refractivity contribution in [2.45, 2.75) is 25.4 Å². The van der Waals surface area contributed by atoms with Crippen LogP contribution in [0.15, 0.2) is 12.1 Å². The molecule has 1 aliphatic heterocycles. The summed E-state index contributed by atoms with van der Waals surface area (Å²) in [5.41, 5.74) is 0.746. The number of aliphatic hydroxyl groups is 1. The Balaban J connectivity index is 1.79. The molecule has 1 saturated carbocycles. The van der Waals surface area contributed by atoms with Crippen molar-refractivity contribution in [1.29, 1.82) is 0 Å². The van der Waals surface area contributed by atoms with Crippen LogP contribution in [0.4, 0.5) is 0 Å². The largest absolute Gasteiger partial charge is 0.496 e. The van der Waals surface area contributed by atoms with Crippen LogP contribution in [0.1, 0.15) is 28.8 Å². The summed E-state index contributed by atoms with van der Waals surface area (Å²) in [5, 5.41) is 10.3. The molecule has 0 unspecified atom stereocenters. The minimum absolute atomic E-state index is 0.0862. The fourth-order valence-electron chi connectivity index (χ4n) is 3.03. The number of nitrogens with zero attached hydrogens (tertiary/aromatic N) is 1. The van der Waals surface area contributed by atoms with Crippen LogP contribution < -0.4 is 9.47 Å². The average molecular weight is 291 g/mol. The van der Waals surface area contributed by atoms with E-state index in [-0.39, 0.29) is 5.91 Å². The van der Waals surface area contributed by atoms with Crippen LogP contribution in [0.5, 0.6) is 11.5 Å². The lowest BCUT2D eigenvalue weighted by Gasteiger charge is -2.47. The van der Waals surface area contributed by atoms with Crippen molar-refractivity contribution in [3.63, 3.8) is 0 Å². The summed E-state index contributed by atoms with van der Waals surface area (Å²) in [4.78, 5) is 14.2. The van der Waals surface area contributed by atoms with Gasteiger partial charge in [-0.2, -0.15) is 0 Å². The second kappa shape index (κ2) is 4.91. The second-order valence-electron chi connectivity index (χ2n) is 6.04. The molecule has 114 valence electrons. The van der Waals surface area contributed by atoms with Crippen molar-refractivity contribution in [2.75, 3.05) is 27.3 Å². The smallest absolute Gasteiger partial charge is 0.254 e. The highest BCUT2D eigenvalue weighted by Crippen LogP contribution is 2.45.